The molecular weight excluding hydrogens is 446 g/mol. The third-order valence-corrected chi connectivity index (χ3v) is 9.75. The highest BCUT2D eigenvalue weighted by atomic mass is 31.0. The molecule has 2 atom stereocenters. The van der Waals surface area contributed by atoms with Crippen molar-refractivity contribution in [3.8, 4) is 22.3 Å². The Labute approximate surface area is 213 Å². The zero-order valence-electron chi connectivity index (χ0n) is 22.7. The first kappa shape index (κ1) is 27.1. The summed E-state index contributed by atoms with van der Waals surface area (Å²) < 4.78 is 0. The lowest BCUT2D eigenvalue weighted by Crippen LogP contribution is -2.47. The number of rotatable bonds is 4. The van der Waals surface area contributed by atoms with Crippen molar-refractivity contribution >= 4 is 18.5 Å². The Morgan fingerprint density at radius 1 is 0.618 bits per heavy atom. The van der Waals surface area contributed by atoms with Gasteiger partial charge in [-0.1, -0.05) is 123 Å². The van der Waals surface area contributed by atoms with E-state index in [0.717, 1.165) is 6.16 Å². The van der Waals surface area contributed by atoms with Crippen LogP contribution in [-0.4, -0.2) is 0 Å². The molecule has 0 aliphatic rings. The Hall–Kier alpha value is -1.48. The van der Waals surface area contributed by atoms with Gasteiger partial charge in [0.25, 0.3) is 0 Å². The van der Waals surface area contributed by atoms with E-state index in [4.69, 9.17) is 0 Å². The average Bonchev–Trinajstić information content (AvgIpc) is 2.76. The summed E-state index contributed by atoms with van der Waals surface area (Å²) in [5.74, 6) is 0. The lowest BCUT2D eigenvalue weighted by Gasteiger charge is -2.54. The first-order valence-corrected chi connectivity index (χ1v) is 13.8. The lowest BCUT2D eigenvalue weighted by atomic mass is 9.58. The normalized spacial score (nSPS) is 13.3. The van der Waals surface area contributed by atoms with Gasteiger partial charge in [0.1, 0.15) is 0 Å². The standard InChI is InChI=1S/C32H44P2/c1-29(2,3)28-26(23-18-14-11-15-19-23)25(22-16-12-10-13-17-22)20-24(21-33)27(28)32(34,30(4,5)6)31(7,8)9/h10-20H,21,33-34H2,1-9H3. The Morgan fingerprint density at radius 3 is 1.44 bits per heavy atom. The fraction of sp³-hybridized carbons (Fsp3) is 0.438. The van der Waals surface area contributed by atoms with Gasteiger partial charge in [0.15, 0.2) is 0 Å². The van der Waals surface area contributed by atoms with Gasteiger partial charge in [-0.2, -0.15) is 0 Å². The third-order valence-electron chi connectivity index (χ3n) is 7.29. The van der Waals surface area contributed by atoms with Crippen molar-refractivity contribution in [2.24, 2.45) is 10.8 Å². The van der Waals surface area contributed by atoms with Crippen LogP contribution in [0, 0.1) is 10.8 Å². The summed E-state index contributed by atoms with van der Waals surface area (Å²) in [5, 5.41) is -0.132. The molecule has 0 saturated carbocycles. The summed E-state index contributed by atoms with van der Waals surface area (Å²) >= 11 is 0. The summed E-state index contributed by atoms with van der Waals surface area (Å²) in [7, 11) is 6.40. The van der Waals surface area contributed by atoms with Gasteiger partial charge < -0.3 is 0 Å². The SMILES string of the molecule is CC(C)(C)c1c(-c2ccccc2)c(-c2ccccc2)cc(CP)c1C(P)(C(C)(C)C)C(C)(C)C. The molecular formula is C32H44P2. The van der Waals surface area contributed by atoms with E-state index in [1.807, 2.05) is 0 Å². The molecule has 0 aromatic heterocycles. The molecule has 0 spiro atoms. The van der Waals surface area contributed by atoms with Gasteiger partial charge in [0, 0.05) is 5.16 Å². The molecule has 3 aromatic rings. The van der Waals surface area contributed by atoms with Gasteiger partial charge >= 0.3 is 0 Å². The van der Waals surface area contributed by atoms with Crippen LogP contribution in [0.5, 0.6) is 0 Å². The van der Waals surface area contributed by atoms with E-state index in [0.29, 0.717) is 0 Å². The molecule has 2 heteroatoms. The molecule has 0 N–H and O–H groups in total. The Kier molecular flexibility index (Phi) is 7.60. The second kappa shape index (κ2) is 9.52. The van der Waals surface area contributed by atoms with Crippen molar-refractivity contribution in [1.82, 2.24) is 0 Å². The quantitative estimate of drug-likeness (QED) is 0.319. The first-order chi connectivity index (χ1) is 15.6. The molecule has 2 unspecified atom stereocenters. The topological polar surface area (TPSA) is 0 Å². The summed E-state index contributed by atoms with van der Waals surface area (Å²) in [6.07, 6.45) is 0.926. The molecule has 3 aromatic carbocycles. The summed E-state index contributed by atoms with van der Waals surface area (Å²) in [5.41, 5.74) is 9.68. The van der Waals surface area contributed by atoms with E-state index in [2.05, 4.69) is 148 Å². The van der Waals surface area contributed by atoms with Crippen molar-refractivity contribution in [3.05, 3.63) is 83.4 Å². The van der Waals surface area contributed by atoms with E-state index in [-0.39, 0.29) is 21.4 Å². The van der Waals surface area contributed by atoms with Crippen LogP contribution in [0.2, 0.25) is 0 Å². The molecule has 3 rings (SSSR count). The molecule has 0 fully saturated rings. The number of hydrogen-bond acceptors (Lipinski definition) is 0. The van der Waals surface area contributed by atoms with E-state index in [1.165, 1.54) is 38.9 Å². The number of benzene rings is 3. The van der Waals surface area contributed by atoms with E-state index < -0.39 is 0 Å². The van der Waals surface area contributed by atoms with Crippen LogP contribution in [0.1, 0.15) is 79.0 Å². The molecule has 0 heterocycles. The predicted molar refractivity (Wildman–Crippen MR) is 160 cm³/mol. The number of hydrogen-bond donors (Lipinski definition) is 0. The predicted octanol–water partition coefficient (Wildman–Crippen LogP) is 9.86. The third kappa shape index (κ3) is 4.79. The van der Waals surface area contributed by atoms with Gasteiger partial charge in [0.2, 0.25) is 0 Å². The highest BCUT2D eigenvalue weighted by Crippen LogP contribution is 2.62. The van der Waals surface area contributed by atoms with E-state index in [1.54, 1.807) is 0 Å². The summed E-state index contributed by atoms with van der Waals surface area (Å²) in [6, 6.07) is 24.4. The van der Waals surface area contributed by atoms with Crippen molar-refractivity contribution in [2.45, 2.75) is 79.0 Å². The van der Waals surface area contributed by atoms with Crippen LogP contribution in [0.25, 0.3) is 22.3 Å². The van der Waals surface area contributed by atoms with Crippen molar-refractivity contribution in [3.63, 3.8) is 0 Å². The van der Waals surface area contributed by atoms with Gasteiger partial charge in [-0.3, -0.25) is 0 Å². The molecule has 0 nitrogen and oxygen atoms in total. The van der Waals surface area contributed by atoms with Crippen molar-refractivity contribution in [1.29, 1.82) is 0 Å². The van der Waals surface area contributed by atoms with Crippen molar-refractivity contribution < 1.29 is 0 Å². The second-order valence-corrected chi connectivity index (χ2v) is 14.0. The molecule has 0 aliphatic heterocycles. The van der Waals surface area contributed by atoms with Gasteiger partial charge in [0.05, 0.1) is 0 Å². The fourth-order valence-electron chi connectivity index (χ4n) is 5.73. The monoisotopic (exact) mass is 490 g/mol. The largest absolute Gasteiger partial charge is 0.133 e. The highest BCUT2D eigenvalue weighted by molar-refractivity contribution is 7.18. The van der Waals surface area contributed by atoms with Crippen LogP contribution in [-0.2, 0) is 16.7 Å². The molecule has 0 radical (unpaired) electrons. The molecule has 0 aliphatic carbocycles. The lowest BCUT2D eigenvalue weighted by molar-refractivity contribution is 0.137. The summed E-state index contributed by atoms with van der Waals surface area (Å²) in [6.45, 7) is 21.6. The minimum Gasteiger partial charge on any atom is -0.133 e. The zero-order chi connectivity index (χ0) is 25.5. The van der Waals surface area contributed by atoms with Crippen LogP contribution in [0.4, 0.5) is 0 Å². The first-order valence-electron chi connectivity index (χ1n) is 12.4. The van der Waals surface area contributed by atoms with E-state index in [9.17, 15) is 0 Å². The van der Waals surface area contributed by atoms with Crippen LogP contribution in [0.15, 0.2) is 66.7 Å². The molecule has 0 bridgehead atoms. The molecule has 0 amide bonds. The maximum absolute atomic E-state index is 3.37. The maximum Gasteiger partial charge on any atom is 0.0200 e. The minimum atomic E-state index is -0.132. The van der Waals surface area contributed by atoms with Crippen molar-refractivity contribution in [2.75, 3.05) is 0 Å². The summed E-state index contributed by atoms with van der Waals surface area (Å²) in [4.78, 5) is 0. The van der Waals surface area contributed by atoms with Crippen LogP contribution >= 0.6 is 18.5 Å². The molecule has 34 heavy (non-hydrogen) atoms. The smallest absolute Gasteiger partial charge is 0.0200 e. The van der Waals surface area contributed by atoms with Gasteiger partial charge in [-0.25, -0.2) is 0 Å². The molecule has 182 valence electrons. The average molecular weight is 491 g/mol. The van der Waals surface area contributed by atoms with Crippen LogP contribution < -0.4 is 0 Å². The van der Waals surface area contributed by atoms with Crippen LogP contribution in [0.3, 0.4) is 0 Å². The second-order valence-electron chi connectivity index (χ2n) is 12.7. The highest BCUT2D eigenvalue weighted by Gasteiger charge is 2.51. The Morgan fingerprint density at radius 2 is 1.06 bits per heavy atom. The maximum atomic E-state index is 3.37. The zero-order valence-corrected chi connectivity index (χ0v) is 25.0. The molecule has 0 saturated heterocycles. The van der Waals surface area contributed by atoms with Gasteiger partial charge in [-0.15, -0.1) is 18.5 Å². The van der Waals surface area contributed by atoms with E-state index >= 15 is 0 Å². The Bertz CT molecular complexity index is 1110. The Balaban J connectivity index is 2.67. The fourth-order valence-corrected chi connectivity index (χ4v) is 6.38. The van der Waals surface area contributed by atoms with Gasteiger partial charge in [-0.05, 0) is 67.4 Å². The minimum absolute atomic E-state index is 0.0344.